The van der Waals surface area contributed by atoms with Crippen LogP contribution in [0, 0.1) is 16.8 Å². The van der Waals surface area contributed by atoms with Crippen LogP contribution in [0.1, 0.15) is 26.3 Å². The van der Waals surface area contributed by atoms with Crippen LogP contribution >= 0.6 is 0 Å². The lowest BCUT2D eigenvalue weighted by atomic mass is 9.89. The van der Waals surface area contributed by atoms with Gasteiger partial charge in [-0.15, -0.1) is 4.98 Å². The minimum absolute atomic E-state index is 0.0357. The molecule has 0 saturated heterocycles. The molecule has 3 aromatic rings. The average Bonchev–Trinajstić information content (AvgIpc) is 2.63. The van der Waals surface area contributed by atoms with Gasteiger partial charge in [-0.2, -0.15) is 0 Å². The van der Waals surface area contributed by atoms with Crippen molar-refractivity contribution in [1.82, 2.24) is 4.98 Å². The maximum absolute atomic E-state index is 4.37. The lowest BCUT2D eigenvalue weighted by molar-refractivity contribution is -0.588. The van der Waals surface area contributed by atoms with E-state index < -0.39 is 0 Å². The Kier molecular flexibility index (Phi) is 4.04. The maximum atomic E-state index is 4.37. The Morgan fingerprint density at radius 2 is 1.58 bits per heavy atom. The molecule has 0 fully saturated rings. The van der Waals surface area contributed by atoms with E-state index in [0.29, 0.717) is 0 Å². The Morgan fingerprint density at radius 3 is 2.35 bits per heavy atom. The smallest absolute Gasteiger partial charge is 0.287 e. The summed E-state index contributed by atoms with van der Waals surface area (Å²) < 4.78 is 2.01. The first-order chi connectivity index (χ1) is 12.5. The quantitative estimate of drug-likeness (QED) is 0.492. The van der Waals surface area contributed by atoms with E-state index in [1.54, 1.807) is 0 Å². The molecule has 0 bridgehead atoms. The summed E-state index contributed by atoms with van der Waals surface area (Å²) >= 11 is 0. The highest BCUT2D eigenvalue weighted by Crippen LogP contribution is 2.19. The number of rotatable bonds is 1. The van der Waals surface area contributed by atoms with Crippen molar-refractivity contribution in [3.05, 3.63) is 106 Å². The Morgan fingerprint density at radius 1 is 0.885 bits per heavy atom. The van der Waals surface area contributed by atoms with Crippen LogP contribution in [0.5, 0.6) is 0 Å². The molecule has 1 aliphatic rings. The summed E-state index contributed by atoms with van der Waals surface area (Å²) in [6, 6.07) is 17.0. The van der Waals surface area contributed by atoms with Crippen LogP contribution in [0.3, 0.4) is 0 Å². The van der Waals surface area contributed by atoms with Crippen molar-refractivity contribution < 1.29 is 4.57 Å². The molecule has 4 rings (SSSR count). The Labute approximate surface area is 153 Å². The summed E-state index contributed by atoms with van der Waals surface area (Å²) in [5.41, 5.74) is 2.29. The third-order valence-electron chi connectivity index (χ3n) is 4.75. The predicted octanol–water partition coefficient (Wildman–Crippen LogP) is 2.76. The number of hydrogen-bond acceptors (Lipinski definition) is 1. The molecule has 0 spiro atoms. The van der Waals surface area contributed by atoms with Crippen LogP contribution < -0.4 is 15.0 Å². The lowest BCUT2D eigenvalue weighted by Gasteiger charge is -2.20. The zero-order valence-corrected chi connectivity index (χ0v) is 15.4. The third kappa shape index (κ3) is 2.99. The minimum atomic E-state index is 0.0357. The Bertz CT molecular complexity index is 1210. The molecule has 26 heavy (non-hydrogen) atoms. The standard InChI is InChI=1S/C24H22N2/c1-24(2,3)19-15-25-17-26(16-19)23-14-8-10-18-9-4-5-11-20(18)21-12-6-7-13-22(21)23/h4-16H,1-3H3. The second-order valence-corrected chi connectivity index (χ2v) is 7.61. The fourth-order valence-electron chi connectivity index (χ4n) is 3.24. The predicted molar refractivity (Wildman–Crippen MR) is 104 cm³/mol. The number of allylic oxidation sites excluding steroid dienone is 2. The molecule has 128 valence electrons. The Hall–Kier alpha value is -3.00. The fourth-order valence-corrected chi connectivity index (χ4v) is 3.24. The molecule has 2 aromatic carbocycles. The monoisotopic (exact) mass is 338 g/mol. The molecule has 0 atom stereocenters. The molecule has 0 aliphatic heterocycles. The van der Waals surface area contributed by atoms with Gasteiger partial charge in [0.05, 0.1) is 11.9 Å². The van der Waals surface area contributed by atoms with Crippen molar-refractivity contribution in [3.63, 3.8) is 0 Å². The largest absolute Gasteiger partial charge is 0.318 e. The summed E-state index contributed by atoms with van der Waals surface area (Å²) in [7, 11) is 0. The van der Waals surface area contributed by atoms with Gasteiger partial charge in [0.2, 0.25) is 0 Å². The first-order valence-electron chi connectivity index (χ1n) is 8.91. The maximum Gasteiger partial charge on any atom is 0.287 e. The normalized spacial score (nSPS) is 13.3. The second-order valence-electron chi connectivity index (χ2n) is 7.61. The molecule has 0 radical (unpaired) electrons. The molecule has 2 heteroatoms. The molecule has 0 unspecified atom stereocenters. The van der Waals surface area contributed by atoms with Crippen LogP contribution in [0.4, 0.5) is 0 Å². The number of hydrogen-bond donors (Lipinski definition) is 0. The summed E-state index contributed by atoms with van der Waals surface area (Å²) in [5.74, 6) is 0. The van der Waals surface area contributed by atoms with Crippen molar-refractivity contribution in [1.29, 1.82) is 0 Å². The zero-order valence-electron chi connectivity index (χ0n) is 15.4. The molecule has 0 N–H and O–H groups in total. The average molecular weight is 338 g/mol. The van der Waals surface area contributed by atoms with Crippen molar-refractivity contribution in [3.8, 4) is 0 Å². The highest BCUT2D eigenvalue weighted by Gasteiger charge is 2.14. The highest BCUT2D eigenvalue weighted by molar-refractivity contribution is 5.55. The minimum Gasteiger partial charge on any atom is -0.318 e. The molecule has 2 nitrogen and oxygen atoms in total. The van der Waals surface area contributed by atoms with E-state index in [-0.39, 0.29) is 5.41 Å². The van der Waals surface area contributed by atoms with E-state index in [0.717, 1.165) is 5.70 Å². The second kappa shape index (κ2) is 6.38. The van der Waals surface area contributed by atoms with Crippen molar-refractivity contribution in [2.45, 2.75) is 26.2 Å². The number of benzene rings is 2. The van der Waals surface area contributed by atoms with E-state index >= 15 is 0 Å². The lowest BCUT2D eigenvalue weighted by Crippen LogP contribution is -2.39. The van der Waals surface area contributed by atoms with Gasteiger partial charge < -0.3 is 4.57 Å². The number of nitrogens with zero attached hydrogens (tertiary/aromatic N) is 2. The van der Waals surface area contributed by atoms with Gasteiger partial charge in [0.15, 0.2) is 0 Å². The van der Waals surface area contributed by atoms with Crippen molar-refractivity contribution in [2.75, 3.05) is 0 Å². The van der Waals surface area contributed by atoms with Crippen LogP contribution in [-0.2, 0) is 5.41 Å². The summed E-state index contributed by atoms with van der Waals surface area (Å²) in [6.07, 6.45) is 13.6. The Balaban J connectivity index is 2.15. The van der Waals surface area contributed by atoms with E-state index in [1.165, 1.54) is 26.4 Å². The summed E-state index contributed by atoms with van der Waals surface area (Å²) in [4.78, 5) is 4.37. The van der Waals surface area contributed by atoms with E-state index in [4.69, 9.17) is 0 Å². The van der Waals surface area contributed by atoms with E-state index in [9.17, 15) is 0 Å². The molecular weight excluding hydrogens is 316 g/mol. The van der Waals surface area contributed by atoms with Crippen molar-refractivity contribution >= 4 is 11.8 Å². The SMILES string of the molecule is CC(C)(C)c1cn[c-][n+](C2=c3ccccc3=c3ccccc3=CC=C2)c1. The summed E-state index contributed by atoms with van der Waals surface area (Å²) in [6.45, 7) is 6.60. The highest BCUT2D eigenvalue weighted by atomic mass is 15.0. The molecule has 1 heterocycles. The topological polar surface area (TPSA) is 16.8 Å². The summed E-state index contributed by atoms with van der Waals surface area (Å²) in [5, 5.41) is 4.87. The molecule has 0 amide bonds. The van der Waals surface area contributed by atoms with Crippen LogP contribution in [0.15, 0.2) is 73.1 Å². The van der Waals surface area contributed by atoms with Crippen molar-refractivity contribution in [2.24, 2.45) is 0 Å². The molecule has 0 saturated carbocycles. The number of fused-ring (bicyclic) bond motifs is 2. The first kappa shape index (κ1) is 16.5. The van der Waals surface area contributed by atoms with Crippen LogP contribution in [-0.4, -0.2) is 4.98 Å². The molecular formula is C24H22N2. The van der Waals surface area contributed by atoms with Gasteiger partial charge in [0, 0.05) is 6.20 Å². The first-order valence-corrected chi connectivity index (χ1v) is 8.91. The fraction of sp³-hybridized carbons (Fsp3) is 0.167. The van der Waals surface area contributed by atoms with Gasteiger partial charge in [-0.25, -0.2) is 0 Å². The van der Waals surface area contributed by atoms with Crippen LogP contribution in [0.2, 0.25) is 0 Å². The van der Waals surface area contributed by atoms with E-state index in [1.807, 2.05) is 10.8 Å². The van der Waals surface area contributed by atoms with Gasteiger partial charge in [-0.05, 0) is 31.9 Å². The van der Waals surface area contributed by atoms with Crippen LogP contribution in [0.25, 0.3) is 11.8 Å². The van der Waals surface area contributed by atoms with Gasteiger partial charge in [0.1, 0.15) is 0 Å². The number of aromatic nitrogens is 2. The molecule has 1 aromatic heterocycles. The van der Waals surface area contributed by atoms with Gasteiger partial charge >= 0.3 is 0 Å². The zero-order chi connectivity index (χ0) is 18.1. The van der Waals surface area contributed by atoms with Gasteiger partial charge in [-0.3, -0.25) is 0 Å². The van der Waals surface area contributed by atoms with Gasteiger partial charge in [0.25, 0.3) is 6.33 Å². The third-order valence-corrected chi connectivity index (χ3v) is 4.75. The molecule has 1 aliphatic carbocycles. The van der Waals surface area contributed by atoms with E-state index in [2.05, 4.69) is 105 Å². The van der Waals surface area contributed by atoms with Gasteiger partial charge in [-0.1, -0.05) is 87.5 Å².